The van der Waals surface area contributed by atoms with Gasteiger partial charge in [0.15, 0.2) is 6.10 Å². The molecule has 0 aromatic carbocycles. The minimum atomic E-state index is -0.841. The second kappa shape index (κ2) is 54.2. The Kier molecular flexibility index (Phi) is 50.6. The summed E-state index contributed by atoms with van der Waals surface area (Å²) in [6.07, 6.45) is 75.8. The molecule has 0 rings (SSSR count). The van der Waals surface area contributed by atoms with Crippen LogP contribution in [0.5, 0.6) is 0 Å². The molecule has 6 heteroatoms. The highest BCUT2D eigenvalue weighted by molar-refractivity contribution is 5.71. The topological polar surface area (TPSA) is 78.9 Å². The number of esters is 3. The molecule has 1 atom stereocenters. The molecule has 6 nitrogen and oxygen atoms in total. The average molecular weight is 925 g/mol. The first-order chi connectivity index (χ1) is 33.0. The maximum atomic E-state index is 12.8. The van der Waals surface area contributed by atoms with Gasteiger partial charge in [0.05, 0.1) is 0 Å². The van der Waals surface area contributed by atoms with Gasteiger partial charge in [0.25, 0.3) is 0 Å². The molecule has 67 heavy (non-hydrogen) atoms. The Morgan fingerprint density at radius 2 is 0.597 bits per heavy atom. The van der Waals surface area contributed by atoms with Crippen LogP contribution in [0.1, 0.15) is 213 Å². The van der Waals surface area contributed by atoms with Gasteiger partial charge in [-0.15, -0.1) is 0 Å². The summed E-state index contributed by atoms with van der Waals surface area (Å²) in [4.78, 5) is 38.0. The molecule has 0 amide bonds. The summed E-state index contributed by atoms with van der Waals surface area (Å²) in [6.45, 7) is 6.34. The first kappa shape index (κ1) is 62.5. The van der Waals surface area contributed by atoms with Gasteiger partial charge in [0.1, 0.15) is 13.2 Å². The number of hydrogen-bond acceptors (Lipinski definition) is 6. The maximum absolute atomic E-state index is 12.8. The first-order valence-electron chi connectivity index (χ1n) is 26.7. The van der Waals surface area contributed by atoms with Crippen LogP contribution in [-0.4, -0.2) is 37.2 Å². The van der Waals surface area contributed by atoms with E-state index in [1.165, 1.54) is 51.4 Å². The fourth-order valence-corrected chi connectivity index (χ4v) is 6.62. The highest BCUT2D eigenvalue weighted by Crippen LogP contribution is 2.11. The van der Waals surface area contributed by atoms with Crippen LogP contribution in [0.4, 0.5) is 0 Å². The molecular formula is C61H96O6. The second-order valence-electron chi connectivity index (χ2n) is 17.0. The maximum Gasteiger partial charge on any atom is 0.306 e. The van der Waals surface area contributed by atoms with Crippen molar-refractivity contribution in [3.63, 3.8) is 0 Å². The van der Waals surface area contributed by atoms with E-state index in [1.54, 1.807) is 0 Å². The molecule has 0 heterocycles. The number of ether oxygens (including phenoxy) is 3. The third kappa shape index (κ3) is 52.4. The van der Waals surface area contributed by atoms with Gasteiger partial charge in [0, 0.05) is 19.3 Å². The van der Waals surface area contributed by atoms with Crippen molar-refractivity contribution in [3.8, 4) is 0 Å². The van der Waals surface area contributed by atoms with E-state index in [9.17, 15) is 14.4 Å². The van der Waals surface area contributed by atoms with Crippen molar-refractivity contribution < 1.29 is 28.6 Å². The summed E-state index contributed by atoms with van der Waals surface area (Å²) >= 11 is 0. The molecule has 0 aromatic rings. The molecule has 0 aliphatic carbocycles. The molecule has 0 unspecified atom stereocenters. The summed E-state index contributed by atoms with van der Waals surface area (Å²) in [7, 11) is 0. The van der Waals surface area contributed by atoms with Crippen LogP contribution in [0.3, 0.4) is 0 Å². The molecule has 0 saturated heterocycles. The van der Waals surface area contributed by atoms with Crippen molar-refractivity contribution in [2.24, 2.45) is 0 Å². The molecule has 0 aliphatic rings. The number of carbonyl (C=O) groups excluding carboxylic acids is 3. The molecule has 0 radical (unpaired) electrons. The molecule has 0 bridgehead atoms. The van der Waals surface area contributed by atoms with E-state index in [-0.39, 0.29) is 44.0 Å². The Bertz CT molecular complexity index is 1480. The Morgan fingerprint density at radius 3 is 0.970 bits per heavy atom. The third-order valence-corrected chi connectivity index (χ3v) is 10.6. The fourth-order valence-electron chi connectivity index (χ4n) is 6.62. The lowest BCUT2D eigenvalue weighted by Gasteiger charge is -2.18. The van der Waals surface area contributed by atoms with Crippen LogP contribution in [-0.2, 0) is 28.6 Å². The van der Waals surface area contributed by atoms with Crippen LogP contribution in [0.15, 0.2) is 134 Å². The van der Waals surface area contributed by atoms with Crippen molar-refractivity contribution in [1.82, 2.24) is 0 Å². The van der Waals surface area contributed by atoms with E-state index in [0.29, 0.717) is 19.3 Å². The van der Waals surface area contributed by atoms with E-state index in [1.807, 2.05) is 0 Å². The minimum Gasteiger partial charge on any atom is -0.462 e. The number of hydrogen-bond donors (Lipinski definition) is 0. The molecule has 0 aromatic heterocycles. The lowest BCUT2D eigenvalue weighted by atomic mass is 10.1. The van der Waals surface area contributed by atoms with E-state index < -0.39 is 6.10 Å². The van der Waals surface area contributed by atoms with E-state index in [0.717, 1.165) is 109 Å². The van der Waals surface area contributed by atoms with Crippen molar-refractivity contribution in [3.05, 3.63) is 134 Å². The van der Waals surface area contributed by atoms with Gasteiger partial charge in [-0.25, -0.2) is 0 Å². The Labute approximate surface area is 411 Å². The Morgan fingerprint density at radius 1 is 0.313 bits per heavy atom. The summed E-state index contributed by atoms with van der Waals surface area (Å²) < 4.78 is 16.7. The van der Waals surface area contributed by atoms with E-state index >= 15 is 0 Å². The number of rotatable bonds is 46. The molecule has 0 aliphatic heterocycles. The predicted octanol–water partition coefficient (Wildman–Crippen LogP) is 17.9. The SMILES string of the molecule is CC/C=C\C/C=C\C/C=C\CCCCCCCC(=O)OC[C@H](COC(=O)CCC/C=C\C/C=C\C/C=C\C/C=C\CCCCC)OC(=O)CCC/C=C\C/C=C\C/C=C\C/C=C\CCCCC. The zero-order valence-corrected chi connectivity index (χ0v) is 42.9. The Hall–Kier alpha value is -4.45. The van der Waals surface area contributed by atoms with Gasteiger partial charge in [-0.1, -0.05) is 199 Å². The third-order valence-electron chi connectivity index (χ3n) is 10.6. The van der Waals surface area contributed by atoms with E-state index in [2.05, 4.69) is 154 Å². The van der Waals surface area contributed by atoms with E-state index in [4.69, 9.17) is 14.2 Å². The molecule has 0 fully saturated rings. The molecular weight excluding hydrogens is 829 g/mol. The second-order valence-corrected chi connectivity index (χ2v) is 17.0. The Balaban J connectivity index is 4.62. The monoisotopic (exact) mass is 925 g/mol. The quantitative estimate of drug-likeness (QED) is 0.0262. The van der Waals surface area contributed by atoms with Gasteiger partial charge in [-0.2, -0.15) is 0 Å². The number of unbranched alkanes of at least 4 members (excludes halogenated alkanes) is 13. The smallest absolute Gasteiger partial charge is 0.306 e. The summed E-state index contributed by atoms with van der Waals surface area (Å²) in [5.41, 5.74) is 0. The number of carbonyl (C=O) groups is 3. The van der Waals surface area contributed by atoms with Crippen molar-refractivity contribution >= 4 is 17.9 Å². The van der Waals surface area contributed by atoms with Crippen LogP contribution in [0.2, 0.25) is 0 Å². The van der Waals surface area contributed by atoms with Crippen molar-refractivity contribution in [2.75, 3.05) is 13.2 Å². The lowest BCUT2D eigenvalue weighted by Crippen LogP contribution is -2.30. The highest BCUT2D eigenvalue weighted by Gasteiger charge is 2.19. The zero-order valence-electron chi connectivity index (χ0n) is 42.9. The van der Waals surface area contributed by atoms with Gasteiger partial charge in [-0.05, 0) is 128 Å². The number of allylic oxidation sites excluding steroid dienone is 22. The summed E-state index contributed by atoms with van der Waals surface area (Å²) in [6, 6.07) is 0. The van der Waals surface area contributed by atoms with Gasteiger partial charge in [-0.3, -0.25) is 14.4 Å². The standard InChI is InChI=1S/C61H96O6/c1-4-7-10-13-16-19-22-25-28-30-33-36-39-42-45-48-51-54-60(63)66-57-58(56-65-59(62)53-50-47-44-41-38-35-32-27-24-21-18-15-12-9-6-3)67-61(64)55-52-49-46-43-40-37-34-31-29-26-23-20-17-14-11-8-5-2/h9,12,16-21,25-29,32-34,36-37,42-43,45-46,58H,4-8,10-11,13-15,22-24,30-31,35,38-41,44,47-57H2,1-3H3/b12-9-,19-16-,20-17-,21-18-,28-25-,29-26-,32-27-,36-33-,37-34-,45-42-,46-43-/t58-/m1/s1. The van der Waals surface area contributed by atoms with Crippen molar-refractivity contribution in [2.45, 2.75) is 219 Å². The van der Waals surface area contributed by atoms with Crippen molar-refractivity contribution in [1.29, 1.82) is 0 Å². The molecule has 376 valence electrons. The van der Waals surface area contributed by atoms with Gasteiger partial charge < -0.3 is 14.2 Å². The fraction of sp³-hybridized carbons (Fsp3) is 0.590. The summed E-state index contributed by atoms with van der Waals surface area (Å²) in [5.74, 6) is -1.07. The normalized spacial score (nSPS) is 13.2. The first-order valence-corrected chi connectivity index (χ1v) is 26.7. The predicted molar refractivity (Wildman–Crippen MR) is 288 cm³/mol. The zero-order chi connectivity index (χ0) is 48.6. The van der Waals surface area contributed by atoms with Gasteiger partial charge >= 0.3 is 17.9 Å². The summed E-state index contributed by atoms with van der Waals surface area (Å²) in [5, 5.41) is 0. The molecule has 0 saturated carbocycles. The molecule has 0 N–H and O–H groups in total. The van der Waals surface area contributed by atoms with Gasteiger partial charge in [0.2, 0.25) is 0 Å². The van der Waals surface area contributed by atoms with Crippen LogP contribution in [0.25, 0.3) is 0 Å². The van der Waals surface area contributed by atoms with Crippen LogP contribution >= 0.6 is 0 Å². The average Bonchev–Trinajstić information content (AvgIpc) is 3.33. The van der Waals surface area contributed by atoms with Crippen LogP contribution in [0, 0.1) is 0 Å². The highest BCUT2D eigenvalue weighted by atomic mass is 16.6. The molecule has 0 spiro atoms. The largest absolute Gasteiger partial charge is 0.462 e. The lowest BCUT2D eigenvalue weighted by molar-refractivity contribution is -0.167. The van der Waals surface area contributed by atoms with Crippen LogP contribution < -0.4 is 0 Å². The minimum absolute atomic E-state index is 0.131.